The van der Waals surface area contributed by atoms with E-state index in [0.717, 1.165) is 23.3 Å². The van der Waals surface area contributed by atoms with Gasteiger partial charge in [-0.15, -0.1) is 11.3 Å². The first-order chi connectivity index (χ1) is 10.0. The van der Waals surface area contributed by atoms with Crippen molar-refractivity contribution in [2.75, 3.05) is 26.7 Å². The summed E-state index contributed by atoms with van der Waals surface area (Å²) in [4.78, 5) is 28.7. The van der Waals surface area contributed by atoms with Crippen LogP contribution in [0.2, 0.25) is 0 Å². The van der Waals surface area contributed by atoms with Crippen LogP contribution in [0.15, 0.2) is 15.9 Å². The summed E-state index contributed by atoms with van der Waals surface area (Å²) in [6.07, 6.45) is 3.41. The number of carbonyl (C=O) groups is 2. The standard InChI is InChI=1S/C15H21BrN2O2S/c1-3-8-18(9-11-4-5-11)14(19)10-17(2)15(20)12-6-7-13(16)21-12/h6-7,11H,3-5,8-10H2,1-2H3. The molecule has 2 amide bonds. The molecule has 0 aliphatic heterocycles. The molecule has 1 aliphatic carbocycles. The molecular weight excluding hydrogens is 352 g/mol. The zero-order chi connectivity index (χ0) is 15.4. The maximum Gasteiger partial charge on any atom is 0.264 e. The molecule has 0 N–H and O–H groups in total. The topological polar surface area (TPSA) is 40.6 Å². The summed E-state index contributed by atoms with van der Waals surface area (Å²) in [7, 11) is 1.69. The fourth-order valence-electron chi connectivity index (χ4n) is 2.19. The number of halogens is 1. The predicted octanol–water partition coefficient (Wildman–Crippen LogP) is 3.23. The minimum atomic E-state index is -0.0954. The highest BCUT2D eigenvalue weighted by Crippen LogP contribution is 2.30. The van der Waals surface area contributed by atoms with Crippen molar-refractivity contribution >= 4 is 39.1 Å². The van der Waals surface area contributed by atoms with Crippen LogP contribution in [0.5, 0.6) is 0 Å². The minimum Gasteiger partial charge on any atom is -0.341 e. The maximum atomic E-state index is 12.4. The Morgan fingerprint density at radius 2 is 2.10 bits per heavy atom. The van der Waals surface area contributed by atoms with Crippen LogP contribution < -0.4 is 0 Å². The molecule has 1 aromatic rings. The highest BCUT2D eigenvalue weighted by atomic mass is 79.9. The molecule has 2 rings (SSSR count). The highest BCUT2D eigenvalue weighted by Gasteiger charge is 2.27. The van der Waals surface area contributed by atoms with Gasteiger partial charge in [-0.2, -0.15) is 0 Å². The molecule has 4 nitrogen and oxygen atoms in total. The van der Waals surface area contributed by atoms with Crippen LogP contribution in [0.4, 0.5) is 0 Å². The Morgan fingerprint density at radius 3 is 2.62 bits per heavy atom. The van der Waals surface area contributed by atoms with Crippen molar-refractivity contribution in [3.05, 3.63) is 20.8 Å². The smallest absolute Gasteiger partial charge is 0.264 e. The van der Waals surface area contributed by atoms with Crippen LogP contribution >= 0.6 is 27.3 Å². The van der Waals surface area contributed by atoms with Crippen LogP contribution in [-0.2, 0) is 4.79 Å². The van der Waals surface area contributed by atoms with Crippen LogP contribution in [0, 0.1) is 5.92 Å². The fourth-order valence-corrected chi connectivity index (χ4v) is 3.57. The van der Waals surface area contributed by atoms with Crippen molar-refractivity contribution in [3.63, 3.8) is 0 Å². The van der Waals surface area contributed by atoms with Crippen molar-refractivity contribution in [1.82, 2.24) is 9.80 Å². The van der Waals surface area contributed by atoms with Gasteiger partial charge in [0, 0.05) is 20.1 Å². The van der Waals surface area contributed by atoms with Gasteiger partial charge in [-0.1, -0.05) is 6.92 Å². The average molecular weight is 373 g/mol. The Morgan fingerprint density at radius 1 is 1.38 bits per heavy atom. The number of hydrogen-bond acceptors (Lipinski definition) is 3. The second-order valence-corrected chi connectivity index (χ2v) is 8.01. The highest BCUT2D eigenvalue weighted by molar-refractivity contribution is 9.11. The maximum absolute atomic E-state index is 12.4. The van der Waals surface area contributed by atoms with E-state index in [0.29, 0.717) is 10.8 Å². The summed E-state index contributed by atoms with van der Waals surface area (Å²) in [5.74, 6) is 0.631. The Labute approximate surface area is 138 Å². The van der Waals surface area contributed by atoms with Crippen molar-refractivity contribution in [2.24, 2.45) is 5.92 Å². The monoisotopic (exact) mass is 372 g/mol. The summed E-state index contributed by atoms with van der Waals surface area (Å²) >= 11 is 4.74. The van der Waals surface area contributed by atoms with E-state index in [2.05, 4.69) is 22.9 Å². The van der Waals surface area contributed by atoms with Crippen molar-refractivity contribution in [3.8, 4) is 0 Å². The van der Waals surface area contributed by atoms with Crippen LogP contribution in [0.1, 0.15) is 35.9 Å². The lowest BCUT2D eigenvalue weighted by molar-refractivity contribution is -0.132. The van der Waals surface area contributed by atoms with Gasteiger partial charge in [-0.05, 0) is 53.2 Å². The molecule has 0 aromatic carbocycles. The summed E-state index contributed by atoms with van der Waals surface area (Å²) in [5.41, 5.74) is 0. The van der Waals surface area contributed by atoms with E-state index >= 15 is 0 Å². The van der Waals surface area contributed by atoms with Gasteiger partial charge in [-0.25, -0.2) is 0 Å². The second kappa shape index (κ2) is 7.40. The molecule has 0 saturated heterocycles. The summed E-state index contributed by atoms with van der Waals surface area (Å²) in [6, 6.07) is 3.64. The third kappa shape index (κ3) is 4.81. The predicted molar refractivity (Wildman–Crippen MR) is 88.6 cm³/mol. The average Bonchev–Trinajstić information content (AvgIpc) is 3.16. The van der Waals surface area contributed by atoms with Gasteiger partial charge in [0.25, 0.3) is 5.91 Å². The van der Waals surface area contributed by atoms with Gasteiger partial charge < -0.3 is 9.80 Å². The molecule has 1 heterocycles. The van der Waals surface area contributed by atoms with E-state index in [1.807, 2.05) is 11.0 Å². The van der Waals surface area contributed by atoms with Gasteiger partial charge in [0.1, 0.15) is 0 Å². The third-order valence-corrected chi connectivity index (χ3v) is 5.14. The number of thiophene rings is 1. The zero-order valence-electron chi connectivity index (χ0n) is 12.5. The molecule has 21 heavy (non-hydrogen) atoms. The molecule has 1 aliphatic rings. The largest absolute Gasteiger partial charge is 0.341 e. The number of rotatable bonds is 7. The first-order valence-corrected chi connectivity index (χ1v) is 8.90. The van der Waals surface area contributed by atoms with Crippen molar-refractivity contribution in [1.29, 1.82) is 0 Å². The van der Waals surface area contributed by atoms with E-state index in [-0.39, 0.29) is 18.4 Å². The van der Waals surface area contributed by atoms with Crippen molar-refractivity contribution in [2.45, 2.75) is 26.2 Å². The molecule has 6 heteroatoms. The van der Waals surface area contributed by atoms with E-state index in [1.165, 1.54) is 29.1 Å². The zero-order valence-corrected chi connectivity index (χ0v) is 14.9. The fraction of sp³-hybridized carbons (Fsp3) is 0.600. The molecule has 0 radical (unpaired) electrons. The molecule has 0 spiro atoms. The van der Waals surface area contributed by atoms with E-state index in [9.17, 15) is 9.59 Å². The number of amides is 2. The van der Waals surface area contributed by atoms with Gasteiger partial charge >= 0.3 is 0 Å². The molecule has 116 valence electrons. The normalized spacial score (nSPS) is 14.0. The van der Waals surface area contributed by atoms with Crippen molar-refractivity contribution < 1.29 is 9.59 Å². The van der Waals surface area contributed by atoms with E-state index in [4.69, 9.17) is 0 Å². The summed E-state index contributed by atoms with van der Waals surface area (Å²) in [6.45, 7) is 3.85. The Kier molecular flexibility index (Phi) is 5.81. The van der Waals surface area contributed by atoms with Gasteiger partial charge in [0.2, 0.25) is 5.91 Å². The molecule has 0 atom stereocenters. The SMILES string of the molecule is CCCN(CC1CC1)C(=O)CN(C)C(=O)c1ccc(Br)s1. The van der Waals surface area contributed by atoms with Gasteiger partial charge in [0.05, 0.1) is 15.2 Å². The third-order valence-electron chi connectivity index (χ3n) is 3.52. The lowest BCUT2D eigenvalue weighted by Gasteiger charge is -2.25. The summed E-state index contributed by atoms with van der Waals surface area (Å²) < 4.78 is 0.923. The molecular formula is C15H21BrN2O2S. The Balaban J connectivity index is 1.91. The van der Waals surface area contributed by atoms with Gasteiger partial charge in [0.15, 0.2) is 0 Å². The molecule has 1 aromatic heterocycles. The molecule has 1 saturated carbocycles. The van der Waals surface area contributed by atoms with E-state index in [1.54, 1.807) is 13.1 Å². The second-order valence-electron chi connectivity index (χ2n) is 5.55. The van der Waals surface area contributed by atoms with Gasteiger partial charge in [-0.3, -0.25) is 9.59 Å². The lowest BCUT2D eigenvalue weighted by Crippen LogP contribution is -2.42. The number of nitrogens with zero attached hydrogens (tertiary/aromatic N) is 2. The molecule has 1 fully saturated rings. The number of carbonyl (C=O) groups excluding carboxylic acids is 2. The van der Waals surface area contributed by atoms with Crippen LogP contribution in [0.25, 0.3) is 0 Å². The molecule has 0 bridgehead atoms. The van der Waals surface area contributed by atoms with E-state index < -0.39 is 0 Å². The molecule has 0 unspecified atom stereocenters. The number of hydrogen-bond donors (Lipinski definition) is 0. The first-order valence-electron chi connectivity index (χ1n) is 7.29. The lowest BCUT2D eigenvalue weighted by atomic mass is 10.3. The quantitative estimate of drug-likeness (QED) is 0.736. The Bertz CT molecular complexity index is 514. The minimum absolute atomic E-state index is 0.0511. The van der Waals surface area contributed by atoms with Crippen LogP contribution in [-0.4, -0.2) is 48.3 Å². The number of likely N-dealkylation sites (N-methyl/N-ethyl adjacent to an activating group) is 1. The Hall–Kier alpha value is -0.880. The first kappa shape index (κ1) is 16.5. The summed E-state index contributed by atoms with van der Waals surface area (Å²) in [5, 5.41) is 0. The van der Waals surface area contributed by atoms with Crippen LogP contribution in [0.3, 0.4) is 0 Å².